The monoisotopic (exact) mass is 366 g/mol. The Kier molecular flexibility index (Phi) is 3.35. The van der Waals surface area contributed by atoms with E-state index in [4.69, 9.17) is 4.42 Å². The highest BCUT2D eigenvalue weighted by molar-refractivity contribution is 9.10. The highest BCUT2D eigenvalue weighted by Gasteiger charge is 2.15. The van der Waals surface area contributed by atoms with Crippen molar-refractivity contribution in [1.29, 1.82) is 0 Å². The molecule has 0 unspecified atom stereocenters. The van der Waals surface area contributed by atoms with Crippen molar-refractivity contribution in [3.63, 3.8) is 0 Å². The summed E-state index contributed by atoms with van der Waals surface area (Å²) in [6, 6.07) is 18.4. The molecule has 0 aliphatic rings. The zero-order valence-corrected chi connectivity index (χ0v) is 13.5. The van der Waals surface area contributed by atoms with Crippen LogP contribution < -0.4 is 5.56 Å². The minimum Gasteiger partial charge on any atom is -0.461 e. The van der Waals surface area contributed by atoms with Gasteiger partial charge >= 0.3 is 0 Å². The van der Waals surface area contributed by atoms with E-state index in [0.29, 0.717) is 22.5 Å². The summed E-state index contributed by atoms with van der Waals surface area (Å²) >= 11 is 3.41. The van der Waals surface area contributed by atoms with E-state index in [1.807, 2.05) is 42.5 Å². The molecule has 4 nitrogen and oxygen atoms in total. The molecule has 0 atom stereocenters. The van der Waals surface area contributed by atoms with E-state index in [0.717, 1.165) is 10.2 Å². The molecular weight excluding hydrogens is 356 g/mol. The van der Waals surface area contributed by atoms with Crippen LogP contribution in [0.1, 0.15) is 0 Å². The smallest absolute Gasteiger partial charge is 0.266 e. The molecule has 0 saturated carbocycles. The van der Waals surface area contributed by atoms with E-state index >= 15 is 0 Å². The maximum absolute atomic E-state index is 13.0. The highest BCUT2D eigenvalue weighted by Crippen LogP contribution is 2.23. The zero-order chi connectivity index (χ0) is 15.8. The van der Waals surface area contributed by atoms with Crippen LogP contribution in [0.15, 0.2) is 80.6 Å². The molecule has 0 saturated heterocycles. The molecule has 4 aromatic rings. The van der Waals surface area contributed by atoms with Crippen molar-refractivity contribution < 1.29 is 4.42 Å². The third-order valence-corrected chi connectivity index (χ3v) is 4.13. The first-order valence-electron chi connectivity index (χ1n) is 7.06. The van der Waals surface area contributed by atoms with Crippen LogP contribution in [-0.2, 0) is 0 Å². The average Bonchev–Trinajstić information content (AvgIpc) is 3.10. The second kappa shape index (κ2) is 5.52. The van der Waals surface area contributed by atoms with Crippen molar-refractivity contribution in [3.05, 3.63) is 81.8 Å². The van der Waals surface area contributed by atoms with Gasteiger partial charge in [0.25, 0.3) is 5.56 Å². The molecule has 5 heteroatoms. The fourth-order valence-electron chi connectivity index (χ4n) is 2.53. The van der Waals surface area contributed by atoms with Crippen LogP contribution in [0, 0.1) is 0 Å². The molecule has 0 fully saturated rings. The fraction of sp³-hybridized carbons (Fsp3) is 0. The lowest BCUT2D eigenvalue weighted by atomic mass is 10.2. The predicted octanol–water partition coefficient (Wildman–Crippen LogP) is 4.41. The summed E-state index contributed by atoms with van der Waals surface area (Å²) in [5.41, 5.74) is 1.27. The van der Waals surface area contributed by atoms with Gasteiger partial charge in [0.2, 0.25) is 0 Å². The van der Waals surface area contributed by atoms with E-state index in [1.165, 1.54) is 0 Å². The molecule has 2 heterocycles. The van der Waals surface area contributed by atoms with Gasteiger partial charge in [0.05, 0.1) is 22.9 Å². The lowest BCUT2D eigenvalue weighted by Crippen LogP contribution is -2.21. The molecule has 0 aliphatic heterocycles. The van der Waals surface area contributed by atoms with E-state index in [-0.39, 0.29) is 5.56 Å². The minimum atomic E-state index is -0.121. The molecule has 0 aliphatic carbocycles. The summed E-state index contributed by atoms with van der Waals surface area (Å²) in [4.78, 5) is 17.6. The molecule has 112 valence electrons. The van der Waals surface area contributed by atoms with Crippen LogP contribution in [0.5, 0.6) is 0 Å². The van der Waals surface area contributed by atoms with E-state index in [1.54, 1.807) is 29.0 Å². The van der Waals surface area contributed by atoms with Crippen LogP contribution in [0.25, 0.3) is 28.2 Å². The Morgan fingerprint density at radius 3 is 2.48 bits per heavy atom. The summed E-state index contributed by atoms with van der Waals surface area (Å²) < 4.78 is 8.00. The van der Waals surface area contributed by atoms with Gasteiger partial charge in [0.1, 0.15) is 0 Å². The number of benzene rings is 2. The topological polar surface area (TPSA) is 48.0 Å². The third kappa shape index (κ3) is 2.39. The van der Waals surface area contributed by atoms with Gasteiger partial charge in [-0.2, -0.15) is 0 Å². The van der Waals surface area contributed by atoms with Crippen LogP contribution in [-0.4, -0.2) is 9.55 Å². The summed E-state index contributed by atoms with van der Waals surface area (Å²) in [6.45, 7) is 0. The van der Waals surface area contributed by atoms with Crippen molar-refractivity contribution in [2.75, 3.05) is 0 Å². The van der Waals surface area contributed by atoms with Crippen molar-refractivity contribution in [3.8, 4) is 17.3 Å². The number of furan rings is 1. The van der Waals surface area contributed by atoms with Gasteiger partial charge in [-0.15, -0.1) is 0 Å². The summed E-state index contributed by atoms with van der Waals surface area (Å²) in [5, 5.41) is 0.575. The molecule has 0 spiro atoms. The number of aromatic nitrogens is 2. The largest absolute Gasteiger partial charge is 0.461 e. The van der Waals surface area contributed by atoms with E-state index in [9.17, 15) is 4.79 Å². The predicted molar refractivity (Wildman–Crippen MR) is 92.7 cm³/mol. The number of nitrogens with zero attached hydrogens (tertiary/aromatic N) is 2. The Bertz CT molecular complexity index is 1040. The second-order valence-electron chi connectivity index (χ2n) is 5.05. The van der Waals surface area contributed by atoms with Crippen LogP contribution in [0.3, 0.4) is 0 Å². The number of hydrogen-bond acceptors (Lipinski definition) is 3. The van der Waals surface area contributed by atoms with Crippen LogP contribution in [0.4, 0.5) is 0 Å². The maximum Gasteiger partial charge on any atom is 0.266 e. The minimum absolute atomic E-state index is 0.121. The van der Waals surface area contributed by atoms with Crippen molar-refractivity contribution in [1.82, 2.24) is 9.55 Å². The number of fused-ring (bicyclic) bond motifs is 1. The van der Waals surface area contributed by atoms with Crippen LogP contribution >= 0.6 is 15.9 Å². The quantitative estimate of drug-likeness (QED) is 0.527. The molecule has 0 amide bonds. The standard InChI is InChI=1S/C18H11BrN2O2/c19-12-7-9-13(10-8-12)21-17(16-6-3-11-23-16)20-15-5-2-1-4-14(15)18(21)22/h1-11H. The van der Waals surface area contributed by atoms with E-state index in [2.05, 4.69) is 20.9 Å². The van der Waals surface area contributed by atoms with Crippen molar-refractivity contribution in [2.24, 2.45) is 0 Å². The molecule has 0 N–H and O–H groups in total. The Labute approximate surface area is 140 Å². The Hall–Kier alpha value is -2.66. The van der Waals surface area contributed by atoms with Gasteiger partial charge in [-0.25, -0.2) is 4.98 Å². The van der Waals surface area contributed by atoms with Gasteiger partial charge in [-0.3, -0.25) is 9.36 Å². The Balaban J connectivity index is 2.11. The van der Waals surface area contributed by atoms with Crippen LogP contribution in [0.2, 0.25) is 0 Å². The lowest BCUT2D eigenvalue weighted by Gasteiger charge is -2.12. The van der Waals surface area contributed by atoms with Gasteiger partial charge in [0, 0.05) is 4.47 Å². The molecule has 2 aromatic carbocycles. The van der Waals surface area contributed by atoms with Gasteiger partial charge in [-0.1, -0.05) is 28.1 Å². The first-order chi connectivity index (χ1) is 11.2. The number of hydrogen-bond donors (Lipinski definition) is 0. The molecule has 4 rings (SSSR count). The lowest BCUT2D eigenvalue weighted by molar-refractivity contribution is 0.574. The summed E-state index contributed by atoms with van der Waals surface area (Å²) in [6.07, 6.45) is 1.57. The normalized spacial score (nSPS) is 11.0. The third-order valence-electron chi connectivity index (χ3n) is 3.60. The summed E-state index contributed by atoms with van der Waals surface area (Å²) in [5.74, 6) is 1.04. The molecule has 2 aromatic heterocycles. The highest BCUT2D eigenvalue weighted by atomic mass is 79.9. The van der Waals surface area contributed by atoms with Crippen molar-refractivity contribution in [2.45, 2.75) is 0 Å². The first-order valence-corrected chi connectivity index (χ1v) is 7.85. The first kappa shape index (κ1) is 14.0. The van der Waals surface area contributed by atoms with Gasteiger partial charge < -0.3 is 4.42 Å². The molecule has 0 bridgehead atoms. The van der Waals surface area contributed by atoms with E-state index < -0.39 is 0 Å². The Morgan fingerprint density at radius 1 is 0.957 bits per heavy atom. The zero-order valence-electron chi connectivity index (χ0n) is 11.9. The fourth-order valence-corrected chi connectivity index (χ4v) is 2.80. The molecule has 23 heavy (non-hydrogen) atoms. The second-order valence-corrected chi connectivity index (χ2v) is 5.96. The SMILES string of the molecule is O=c1c2ccccc2nc(-c2ccco2)n1-c1ccc(Br)cc1. The number of rotatable bonds is 2. The molecule has 0 radical (unpaired) electrons. The molecular formula is C18H11BrN2O2. The number of para-hydroxylation sites is 1. The maximum atomic E-state index is 13.0. The average molecular weight is 367 g/mol. The Morgan fingerprint density at radius 2 is 1.74 bits per heavy atom. The van der Waals surface area contributed by atoms with Gasteiger partial charge in [-0.05, 0) is 48.5 Å². The van der Waals surface area contributed by atoms with Crippen molar-refractivity contribution >= 4 is 26.8 Å². The van der Waals surface area contributed by atoms with Gasteiger partial charge in [0.15, 0.2) is 11.6 Å². The number of halogens is 1. The summed E-state index contributed by atoms with van der Waals surface area (Å²) in [7, 11) is 0.